The molecule has 6 aromatic rings. The maximum Gasteiger partial charge on any atom is 0.128 e. The highest BCUT2D eigenvalue weighted by atomic mass is 32.1. The maximum absolute atomic E-state index is 10.6. The molecular formula is C38H36N2OS. The minimum atomic E-state index is -0.0639. The van der Waals surface area contributed by atoms with E-state index in [9.17, 15) is 5.11 Å². The van der Waals surface area contributed by atoms with Gasteiger partial charge in [-0.2, -0.15) is 0 Å². The van der Waals surface area contributed by atoms with Crippen LogP contribution in [0.3, 0.4) is 0 Å². The molecule has 0 atom stereocenters. The van der Waals surface area contributed by atoms with Crippen LogP contribution in [0.1, 0.15) is 52.7 Å². The van der Waals surface area contributed by atoms with E-state index in [0.29, 0.717) is 0 Å². The van der Waals surface area contributed by atoms with Crippen LogP contribution >= 0.6 is 11.3 Å². The highest BCUT2D eigenvalue weighted by Gasteiger charge is 2.23. The van der Waals surface area contributed by atoms with Gasteiger partial charge in [-0.25, -0.2) is 4.98 Å². The number of rotatable bonds is 4. The number of thiazole rings is 1. The summed E-state index contributed by atoms with van der Waals surface area (Å²) in [6, 6.07) is 33.5. The fraction of sp³-hybridized carbons (Fsp3) is 0.211. The van der Waals surface area contributed by atoms with E-state index in [2.05, 4.69) is 108 Å². The number of para-hydroxylation sites is 1. The standard InChI is InChI=1S/C38H36N2OS/c1-37(2,3)28-19-26(18-27(20-28)32-21-25(16-17-39-32)24-12-8-7-9-13-24)31-22-29(38(4,5)6)23-34-35(31)40-36(42-34)30-14-10-11-15-33(30)41/h7-23,41H,1-6H3. The molecule has 1 N–H and O–H groups in total. The van der Waals surface area contributed by atoms with Gasteiger partial charge in [-0.1, -0.05) is 90.1 Å². The van der Waals surface area contributed by atoms with E-state index in [1.54, 1.807) is 17.4 Å². The molecule has 3 nitrogen and oxygen atoms in total. The van der Waals surface area contributed by atoms with Gasteiger partial charge < -0.3 is 5.11 Å². The van der Waals surface area contributed by atoms with Crippen molar-refractivity contribution in [1.29, 1.82) is 0 Å². The number of phenols is 1. The largest absolute Gasteiger partial charge is 0.507 e. The highest BCUT2D eigenvalue weighted by Crippen LogP contribution is 2.43. The molecule has 0 aliphatic carbocycles. The molecule has 2 aromatic heterocycles. The molecule has 0 bridgehead atoms. The Labute approximate surface area is 252 Å². The number of hydrogen-bond donors (Lipinski definition) is 1. The number of fused-ring (bicyclic) bond motifs is 1. The minimum Gasteiger partial charge on any atom is -0.507 e. The summed E-state index contributed by atoms with van der Waals surface area (Å²) in [5.41, 5.74) is 10.7. The molecular weight excluding hydrogens is 532 g/mol. The average Bonchev–Trinajstić information content (AvgIpc) is 3.40. The SMILES string of the molecule is CC(C)(C)c1cc(-c2cc(-c3ccccc3)ccn2)cc(-c2cc(C(C)(C)C)cc3sc(-c4ccccc4O)nc23)c1. The van der Waals surface area contributed by atoms with E-state index in [1.165, 1.54) is 16.7 Å². The van der Waals surface area contributed by atoms with Crippen LogP contribution in [0.2, 0.25) is 0 Å². The molecule has 0 unspecified atom stereocenters. The predicted octanol–water partition coefficient (Wildman–Crippen LogP) is 10.7. The smallest absolute Gasteiger partial charge is 0.128 e. The number of nitrogens with zero attached hydrogens (tertiary/aromatic N) is 2. The van der Waals surface area contributed by atoms with Crippen LogP contribution in [-0.2, 0) is 10.8 Å². The van der Waals surface area contributed by atoms with Crippen LogP contribution in [0, 0.1) is 0 Å². The molecule has 0 aliphatic heterocycles. The van der Waals surface area contributed by atoms with Crippen LogP contribution < -0.4 is 0 Å². The third-order valence-electron chi connectivity index (χ3n) is 7.77. The molecule has 2 heterocycles. The molecule has 0 fully saturated rings. The Hall–Kier alpha value is -4.28. The van der Waals surface area contributed by atoms with E-state index in [1.807, 2.05) is 30.5 Å². The van der Waals surface area contributed by atoms with Crippen LogP contribution in [0.15, 0.2) is 103 Å². The monoisotopic (exact) mass is 568 g/mol. The number of pyridine rings is 1. The maximum atomic E-state index is 10.6. The fourth-order valence-electron chi connectivity index (χ4n) is 5.21. The summed E-state index contributed by atoms with van der Waals surface area (Å²) in [6.45, 7) is 13.5. The quantitative estimate of drug-likeness (QED) is 0.230. The van der Waals surface area contributed by atoms with Crippen molar-refractivity contribution in [2.45, 2.75) is 52.4 Å². The molecule has 0 saturated heterocycles. The zero-order valence-corrected chi connectivity index (χ0v) is 25.9. The number of hydrogen-bond acceptors (Lipinski definition) is 4. The summed E-state index contributed by atoms with van der Waals surface area (Å²) in [7, 11) is 0. The first-order valence-electron chi connectivity index (χ1n) is 14.4. The first kappa shape index (κ1) is 27.9. The van der Waals surface area contributed by atoms with Crippen LogP contribution in [-0.4, -0.2) is 15.1 Å². The van der Waals surface area contributed by atoms with Crippen molar-refractivity contribution < 1.29 is 5.11 Å². The molecule has 210 valence electrons. The topological polar surface area (TPSA) is 46.0 Å². The summed E-state index contributed by atoms with van der Waals surface area (Å²) in [5.74, 6) is 0.246. The Morgan fingerprint density at radius 3 is 1.98 bits per heavy atom. The van der Waals surface area contributed by atoms with E-state index < -0.39 is 0 Å². The van der Waals surface area contributed by atoms with Gasteiger partial charge in [0.15, 0.2) is 0 Å². The Bertz CT molecular complexity index is 1910. The molecule has 0 amide bonds. The first-order valence-corrected chi connectivity index (χ1v) is 15.2. The zero-order valence-electron chi connectivity index (χ0n) is 25.1. The van der Waals surface area contributed by atoms with Crippen molar-refractivity contribution in [1.82, 2.24) is 9.97 Å². The lowest BCUT2D eigenvalue weighted by molar-refractivity contribution is 0.477. The Balaban J connectivity index is 1.59. The number of aromatic nitrogens is 2. The molecule has 0 aliphatic rings. The average molecular weight is 569 g/mol. The van der Waals surface area contributed by atoms with Gasteiger partial charge in [-0.3, -0.25) is 4.98 Å². The van der Waals surface area contributed by atoms with Crippen molar-refractivity contribution in [3.05, 3.63) is 114 Å². The second-order valence-corrected chi connectivity index (χ2v) is 14.0. The van der Waals surface area contributed by atoms with Crippen LogP contribution in [0.4, 0.5) is 0 Å². The minimum absolute atomic E-state index is 0.0436. The van der Waals surface area contributed by atoms with Gasteiger partial charge in [0, 0.05) is 17.3 Å². The van der Waals surface area contributed by atoms with Gasteiger partial charge in [0.25, 0.3) is 0 Å². The van der Waals surface area contributed by atoms with E-state index in [4.69, 9.17) is 9.97 Å². The summed E-state index contributed by atoms with van der Waals surface area (Å²) in [4.78, 5) is 9.96. The third-order valence-corrected chi connectivity index (χ3v) is 8.80. The Kier molecular flexibility index (Phi) is 6.98. The summed E-state index contributed by atoms with van der Waals surface area (Å²) >= 11 is 1.63. The molecule has 4 aromatic carbocycles. The van der Waals surface area contributed by atoms with Crippen molar-refractivity contribution in [3.63, 3.8) is 0 Å². The van der Waals surface area contributed by atoms with E-state index >= 15 is 0 Å². The second-order valence-electron chi connectivity index (χ2n) is 13.0. The van der Waals surface area contributed by atoms with Crippen LogP contribution in [0.25, 0.3) is 54.3 Å². The molecule has 0 saturated carbocycles. The highest BCUT2D eigenvalue weighted by molar-refractivity contribution is 7.21. The summed E-state index contributed by atoms with van der Waals surface area (Å²) in [5, 5.41) is 11.4. The van der Waals surface area contributed by atoms with Gasteiger partial charge in [-0.15, -0.1) is 11.3 Å². The van der Waals surface area contributed by atoms with Crippen molar-refractivity contribution in [2.75, 3.05) is 0 Å². The van der Waals surface area contributed by atoms with Gasteiger partial charge in [0.1, 0.15) is 10.8 Å². The number of benzene rings is 4. The van der Waals surface area contributed by atoms with E-state index in [0.717, 1.165) is 48.7 Å². The molecule has 6 rings (SSSR count). The van der Waals surface area contributed by atoms with Crippen molar-refractivity contribution in [2.24, 2.45) is 0 Å². The fourth-order valence-corrected chi connectivity index (χ4v) is 6.28. The molecule has 0 spiro atoms. The number of aromatic hydroxyl groups is 1. The molecule has 4 heteroatoms. The van der Waals surface area contributed by atoms with Gasteiger partial charge in [0.05, 0.1) is 21.5 Å². The van der Waals surface area contributed by atoms with Crippen LogP contribution in [0.5, 0.6) is 5.75 Å². The molecule has 0 radical (unpaired) electrons. The predicted molar refractivity (Wildman–Crippen MR) is 178 cm³/mol. The van der Waals surface area contributed by atoms with Crippen molar-refractivity contribution in [3.8, 4) is 49.8 Å². The van der Waals surface area contributed by atoms with E-state index in [-0.39, 0.29) is 16.6 Å². The molecule has 42 heavy (non-hydrogen) atoms. The third kappa shape index (κ3) is 5.47. The lowest BCUT2D eigenvalue weighted by Crippen LogP contribution is -2.12. The Morgan fingerprint density at radius 2 is 1.26 bits per heavy atom. The normalized spacial score (nSPS) is 12.1. The second kappa shape index (κ2) is 10.5. The van der Waals surface area contributed by atoms with Gasteiger partial charge in [-0.05, 0) is 87.2 Å². The summed E-state index contributed by atoms with van der Waals surface area (Å²) in [6.07, 6.45) is 1.90. The number of phenolic OH excluding ortho intramolecular Hbond substituents is 1. The van der Waals surface area contributed by atoms with Crippen molar-refractivity contribution >= 4 is 21.6 Å². The van der Waals surface area contributed by atoms with Gasteiger partial charge >= 0.3 is 0 Å². The van der Waals surface area contributed by atoms with Gasteiger partial charge in [0.2, 0.25) is 0 Å². The lowest BCUT2D eigenvalue weighted by atomic mass is 9.82. The first-order chi connectivity index (χ1) is 20.0. The Morgan fingerprint density at radius 1 is 0.595 bits per heavy atom. The summed E-state index contributed by atoms with van der Waals surface area (Å²) < 4.78 is 1.11. The zero-order chi connectivity index (χ0) is 29.6. The lowest BCUT2D eigenvalue weighted by Gasteiger charge is -2.23.